The van der Waals surface area contributed by atoms with Crippen molar-refractivity contribution in [1.29, 1.82) is 0 Å². The maximum atomic E-state index is 12.4. The SMILES string of the molecule is CC(C)CCNC(=O)C[C@H]1C(=O)NCCN1Cc1ccc(-c2ccccc2)cc1. The zero-order valence-corrected chi connectivity index (χ0v) is 17.4. The fourth-order valence-corrected chi connectivity index (χ4v) is 3.59. The number of hydrogen-bond donors (Lipinski definition) is 2. The summed E-state index contributed by atoms with van der Waals surface area (Å²) in [6.07, 6.45) is 1.14. The van der Waals surface area contributed by atoms with E-state index >= 15 is 0 Å². The molecular formula is C24H31N3O2. The maximum absolute atomic E-state index is 12.4. The first-order valence-corrected chi connectivity index (χ1v) is 10.5. The number of nitrogens with one attached hydrogen (secondary N) is 2. The molecule has 0 spiro atoms. The highest BCUT2D eigenvalue weighted by Crippen LogP contribution is 2.21. The molecule has 0 aliphatic carbocycles. The minimum atomic E-state index is -0.420. The van der Waals surface area contributed by atoms with Gasteiger partial charge in [0.2, 0.25) is 11.8 Å². The van der Waals surface area contributed by atoms with E-state index in [9.17, 15) is 9.59 Å². The number of nitrogens with zero attached hydrogens (tertiary/aromatic N) is 1. The van der Waals surface area contributed by atoms with Gasteiger partial charge in [-0.1, -0.05) is 68.4 Å². The number of hydrogen-bond acceptors (Lipinski definition) is 3. The fraction of sp³-hybridized carbons (Fsp3) is 0.417. The average Bonchev–Trinajstić information content (AvgIpc) is 2.71. The Hall–Kier alpha value is -2.66. The Balaban J connectivity index is 1.61. The second-order valence-corrected chi connectivity index (χ2v) is 8.08. The van der Waals surface area contributed by atoms with Crippen molar-refractivity contribution in [3.8, 4) is 11.1 Å². The Morgan fingerprint density at radius 2 is 1.79 bits per heavy atom. The lowest BCUT2D eigenvalue weighted by Crippen LogP contribution is -2.56. The molecule has 5 nitrogen and oxygen atoms in total. The van der Waals surface area contributed by atoms with Crippen LogP contribution in [-0.2, 0) is 16.1 Å². The largest absolute Gasteiger partial charge is 0.356 e. The van der Waals surface area contributed by atoms with Crippen LogP contribution in [0.15, 0.2) is 54.6 Å². The Kier molecular flexibility index (Phi) is 7.42. The summed E-state index contributed by atoms with van der Waals surface area (Å²) in [6.45, 7) is 6.94. The predicted octanol–water partition coefficient (Wildman–Crippen LogP) is 3.21. The minimum Gasteiger partial charge on any atom is -0.356 e. The van der Waals surface area contributed by atoms with E-state index in [1.807, 2.05) is 18.2 Å². The highest BCUT2D eigenvalue weighted by atomic mass is 16.2. The molecule has 2 aromatic carbocycles. The summed E-state index contributed by atoms with van der Waals surface area (Å²) in [7, 11) is 0. The Bertz CT molecular complexity index is 803. The van der Waals surface area contributed by atoms with Gasteiger partial charge < -0.3 is 10.6 Å². The molecule has 29 heavy (non-hydrogen) atoms. The summed E-state index contributed by atoms with van der Waals surface area (Å²) in [6, 6.07) is 18.3. The van der Waals surface area contributed by atoms with Gasteiger partial charge in [0.15, 0.2) is 0 Å². The monoisotopic (exact) mass is 393 g/mol. The van der Waals surface area contributed by atoms with Crippen LogP contribution in [0.2, 0.25) is 0 Å². The van der Waals surface area contributed by atoms with Gasteiger partial charge in [-0.15, -0.1) is 0 Å². The van der Waals surface area contributed by atoms with Crippen LogP contribution in [0.5, 0.6) is 0 Å². The molecule has 0 bridgehead atoms. The third kappa shape index (κ3) is 6.16. The van der Waals surface area contributed by atoms with Gasteiger partial charge in [-0.3, -0.25) is 14.5 Å². The van der Waals surface area contributed by atoms with E-state index in [1.165, 1.54) is 11.1 Å². The lowest BCUT2D eigenvalue weighted by atomic mass is 10.0. The molecule has 1 saturated heterocycles. The zero-order valence-electron chi connectivity index (χ0n) is 17.4. The smallest absolute Gasteiger partial charge is 0.237 e. The molecule has 2 aromatic rings. The summed E-state index contributed by atoms with van der Waals surface area (Å²) >= 11 is 0. The van der Waals surface area contributed by atoms with Gasteiger partial charge in [-0.2, -0.15) is 0 Å². The van der Waals surface area contributed by atoms with E-state index in [-0.39, 0.29) is 18.2 Å². The predicted molar refractivity (Wildman–Crippen MR) is 116 cm³/mol. The van der Waals surface area contributed by atoms with Crippen molar-refractivity contribution in [1.82, 2.24) is 15.5 Å². The van der Waals surface area contributed by atoms with Crippen LogP contribution in [0.25, 0.3) is 11.1 Å². The first-order valence-electron chi connectivity index (χ1n) is 10.5. The molecule has 5 heteroatoms. The molecule has 1 heterocycles. The molecule has 2 N–H and O–H groups in total. The fourth-order valence-electron chi connectivity index (χ4n) is 3.59. The molecule has 3 rings (SSSR count). The molecule has 0 unspecified atom stereocenters. The lowest BCUT2D eigenvalue weighted by Gasteiger charge is -2.34. The van der Waals surface area contributed by atoms with Gasteiger partial charge in [0.25, 0.3) is 0 Å². The number of carbonyl (C=O) groups is 2. The van der Waals surface area contributed by atoms with Crippen LogP contribution in [0.4, 0.5) is 0 Å². The average molecular weight is 394 g/mol. The molecule has 0 radical (unpaired) electrons. The van der Waals surface area contributed by atoms with Gasteiger partial charge in [0, 0.05) is 26.2 Å². The van der Waals surface area contributed by atoms with Crippen molar-refractivity contribution in [3.63, 3.8) is 0 Å². The van der Waals surface area contributed by atoms with Crippen molar-refractivity contribution in [2.75, 3.05) is 19.6 Å². The lowest BCUT2D eigenvalue weighted by molar-refractivity contribution is -0.134. The molecule has 0 saturated carbocycles. The van der Waals surface area contributed by atoms with E-state index in [0.717, 1.165) is 18.5 Å². The summed E-state index contributed by atoms with van der Waals surface area (Å²) < 4.78 is 0. The van der Waals surface area contributed by atoms with Crippen molar-refractivity contribution in [3.05, 3.63) is 60.2 Å². The molecule has 1 aliphatic rings. The van der Waals surface area contributed by atoms with Gasteiger partial charge >= 0.3 is 0 Å². The Morgan fingerprint density at radius 3 is 2.48 bits per heavy atom. The van der Waals surface area contributed by atoms with Crippen LogP contribution in [0, 0.1) is 5.92 Å². The van der Waals surface area contributed by atoms with Crippen LogP contribution >= 0.6 is 0 Å². The Labute approximate surface area is 173 Å². The van der Waals surface area contributed by atoms with Crippen molar-refractivity contribution in [2.45, 2.75) is 39.3 Å². The summed E-state index contributed by atoms with van der Waals surface area (Å²) in [5, 5.41) is 5.84. The highest BCUT2D eigenvalue weighted by Gasteiger charge is 2.31. The van der Waals surface area contributed by atoms with E-state index in [0.29, 0.717) is 25.6 Å². The number of benzene rings is 2. The first kappa shape index (κ1) is 21.1. The molecule has 154 valence electrons. The molecular weight excluding hydrogens is 362 g/mol. The quantitative estimate of drug-likeness (QED) is 0.724. The minimum absolute atomic E-state index is 0.0582. The zero-order chi connectivity index (χ0) is 20.6. The molecule has 1 atom stereocenters. The highest BCUT2D eigenvalue weighted by molar-refractivity contribution is 5.88. The molecule has 1 aliphatic heterocycles. The third-order valence-corrected chi connectivity index (χ3v) is 5.31. The first-order chi connectivity index (χ1) is 14.0. The van der Waals surface area contributed by atoms with Gasteiger partial charge in [-0.25, -0.2) is 0 Å². The van der Waals surface area contributed by atoms with Gasteiger partial charge in [0.05, 0.1) is 12.5 Å². The van der Waals surface area contributed by atoms with Crippen LogP contribution in [-0.4, -0.2) is 42.4 Å². The number of amides is 2. The van der Waals surface area contributed by atoms with Crippen LogP contribution in [0.1, 0.15) is 32.3 Å². The third-order valence-electron chi connectivity index (χ3n) is 5.31. The topological polar surface area (TPSA) is 61.4 Å². The van der Waals surface area contributed by atoms with Crippen LogP contribution < -0.4 is 10.6 Å². The number of rotatable bonds is 8. The van der Waals surface area contributed by atoms with Crippen molar-refractivity contribution >= 4 is 11.8 Å². The maximum Gasteiger partial charge on any atom is 0.237 e. The second kappa shape index (κ2) is 10.2. The summed E-state index contributed by atoms with van der Waals surface area (Å²) in [5.74, 6) is 0.428. The van der Waals surface area contributed by atoms with Gasteiger partial charge in [0.1, 0.15) is 0 Å². The Morgan fingerprint density at radius 1 is 1.10 bits per heavy atom. The number of piperazine rings is 1. The van der Waals surface area contributed by atoms with Crippen molar-refractivity contribution in [2.24, 2.45) is 5.92 Å². The van der Waals surface area contributed by atoms with E-state index in [4.69, 9.17) is 0 Å². The van der Waals surface area contributed by atoms with Crippen LogP contribution in [0.3, 0.4) is 0 Å². The number of carbonyl (C=O) groups excluding carboxylic acids is 2. The van der Waals surface area contributed by atoms with E-state index in [2.05, 4.69) is 65.8 Å². The molecule has 2 amide bonds. The van der Waals surface area contributed by atoms with Crippen molar-refractivity contribution < 1.29 is 9.59 Å². The summed E-state index contributed by atoms with van der Waals surface area (Å²) in [4.78, 5) is 26.8. The summed E-state index contributed by atoms with van der Waals surface area (Å²) in [5.41, 5.74) is 3.50. The van der Waals surface area contributed by atoms with E-state index in [1.54, 1.807) is 0 Å². The standard InChI is InChI=1S/C24H31N3O2/c1-18(2)12-13-25-23(28)16-22-24(29)26-14-15-27(22)17-19-8-10-21(11-9-19)20-6-4-3-5-7-20/h3-11,18,22H,12-17H2,1-2H3,(H,25,28)(H,26,29)/t22-/m0/s1. The molecule has 0 aromatic heterocycles. The van der Waals surface area contributed by atoms with E-state index < -0.39 is 6.04 Å². The molecule has 1 fully saturated rings. The normalized spacial score (nSPS) is 17.2. The van der Waals surface area contributed by atoms with Gasteiger partial charge in [-0.05, 0) is 29.0 Å². The second-order valence-electron chi connectivity index (χ2n) is 8.08.